The summed E-state index contributed by atoms with van der Waals surface area (Å²) in [7, 11) is 0.900. The molecule has 4 atom stereocenters. The van der Waals surface area contributed by atoms with Crippen LogP contribution in [0.2, 0.25) is 0 Å². The van der Waals surface area contributed by atoms with Gasteiger partial charge in [-0.25, -0.2) is 0 Å². The van der Waals surface area contributed by atoms with Crippen molar-refractivity contribution in [3.05, 3.63) is 35.9 Å². The third-order valence-electron chi connectivity index (χ3n) is 4.53. The quantitative estimate of drug-likeness (QED) is 0.788. The predicted molar refractivity (Wildman–Crippen MR) is 88.9 cm³/mol. The first-order valence-electron chi connectivity index (χ1n) is 7.87. The Morgan fingerprint density at radius 2 is 2.05 bits per heavy atom. The van der Waals surface area contributed by atoms with E-state index in [4.69, 9.17) is 10.5 Å². The van der Waals surface area contributed by atoms with Crippen LogP contribution in [0.25, 0.3) is 0 Å². The predicted octanol–water partition coefficient (Wildman–Crippen LogP) is 2.68. The van der Waals surface area contributed by atoms with Gasteiger partial charge < -0.3 is 10.5 Å². The molecule has 1 aliphatic rings. The molecule has 2 rings (SSSR count). The van der Waals surface area contributed by atoms with E-state index in [2.05, 4.69) is 30.3 Å². The van der Waals surface area contributed by atoms with Crippen LogP contribution in [0.5, 0.6) is 0 Å². The van der Waals surface area contributed by atoms with Crippen molar-refractivity contribution >= 4 is 10.8 Å². The van der Waals surface area contributed by atoms with Gasteiger partial charge in [-0.05, 0) is 49.6 Å². The topological polar surface area (TPSA) is 52.3 Å². The van der Waals surface area contributed by atoms with Crippen molar-refractivity contribution < 1.29 is 8.95 Å². The van der Waals surface area contributed by atoms with Crippen LogP contribution in [-0.4, -0.2) is 35.5 Å². The molecule has 118 valence electrons. The second-order valence-electron chi connectivity index (χ2n) is 5.89. The Hall–Kier alpha value is -0.710. The van der Waals surface area contributed by atoms with Gasteiger partial charge in [-0.2, -0.15) is 0 Å². The lowest BCUT2D eigenvalue weighted by atomic mass is 9.78. The Balaban J connectivity index is 2.00. The van der Waals surface area contributed by atoms with Crippen molar-refractivity contribution in [2.75, 3.05) is 26.0 Å². The van der Waals surface area contributed by atoms with Gasteiger partial charge in [0.25, 0.3) is 0 Å². The summed E-state index contributed by atoms with van der Waals surface area (Å²) in [5.41, 5.74) is 7.29. The zero-order chi connectivity index (χ0) is 15.1. The fourth-order valence-corrected chi connectivity index (χ4v) is 5.14. The highest BCUT2D eigenvalue weighted by molar-refractivity contribution is 7.85. The number of rotatable bonds is 7. The van der Waals surface area contributed by atoms with Crippen LogP contribution >= 0.6 is 0 Å². The summed E-state index contributed by atoms with van der Waals surface area (Å²) in [5.74, 6) is 1.68. The van der Waals surface area contributed by atoms with Gasteiger partial charge in [0.1, 0.15) is 0 Å². The van der Waals surface area contributed by atoms with Gasteiger partial charge >= 0.3 is 0 Å². The molecule has 1 fully saturated rings. The SMILES string of the molecule is COCCCS(=O)C1CC(c2ccccc2)CCC1CN. The van der Waals surface area contributed by atoms with E-state index in [0.717, 1.165) is 31.4 Å². The van der Waals surface area contributed by atoms with Crippen LogP contribution < -0.4 is 5.73 Å². The molecule has 1 aliphatic carbocycles. The number of methoxy groups -OCH3 is 1. The Bertz CT molecular complexity index is 438. The van der Waals surface area contributed by atoms with Gasteiger partial charge in [-0.15, -0.1) is 0 Å². The lowest BCUT2D eigenvalue weighted by molar-refractivity contribution is 0.199. The summed E-state index contributed by atoms with van der Waals surface area (Å²) >= 11 is 0. The smallest absolute Gasteiger partial charge is 0.0471 e. The first-order valence-corrected chi connectivity index (χ1v) is 9.25. The number of ether oxygens (including phenoxy) is 1. The van der Waals surface area contributed by atoms with Crippen molar-refractivity contribution in [3.8, 4) is 0 Å². The van der Waals surface area contributed by atoms with E-state index >= 15 is 0 Å². The normalized spacial score (nSPS) is 27.4. The van der Waals surface area contributed by atoms with E-state index in [0.29, 0.717) is 25.0 Å². The molecule has 4 heteroatoms. The van der Waals surface area contributed by atoms with Crippen LogP contribution in [0.3, 0.4) is 0 Å². The molecule has 0 heterocycles. The van der Waals surface area contributed by atoms with Crippen molar-refractivity contribution in [1.82, 2.24) is 0 Å². The molecule has 2 N–H and O–H groups in total. The first kappa shape index (κ1) is 16.7. The Morgan fingerprint density at radius 3 is 2.71 bits per heavy atom. The molecule has 1 saturated carbocycles. The highest BCUT2D eigenvalue weighted by Crippen LogP contribution is 2.38. The van der Waals surface area contributed by atoms with Crippen LogP contribution in [0, 0.1) is 5.92 Å². The maximum Gasteiger partial charge on any atom is 0.0471 e. The molecule has 3 nitrogen and oxygen atoms in total. The molecule has 21 heavy (non-hydrogen) atoms. The highest BCUT2D eigenvalue weighted by atomic mass is 32.2. The maximum absolute atomic E-state index is 12.6. The lowest BCUT2D eigenvalue weighted by Crippen LogP contribution is -2.37. The fraction of sp³-hybridized carbons (Fsp3) is 0.647. The third-order valence-corrected chi connectivity index (χ3v) is 6.48. The zero-order valence-electron chi connectivity index (χ0n) is 12.9. The lowest BCUT2D eigenvalue weighted by Gasteiger charge is -2.35. The first-order chi connectivity index (χ1) is 10.3. The maximum atomic E-state index is 12.6. The molecule has 0 bridgehead atoms. The van der Waals surface area contributed by atoms with Gasteiger partial charge in [0.15, 0.2) is 0 Å². The van der Waals surface area contributed by atoms with E-state index in [1.54, 1.807) is 7.11 Å². The van der Waals surface area contributed by atoms with E-state index in [9.17, 15) is 4.21 Å². The Kier molecular flexibility index (Phi) is 6.87. The molecule has 0 aliphatic heterocycles. The van der Waals surface area contributed by atoms with Crippen molar-refractivity contribution in [1.29, 1.82) is 0 Å². The van der Waals surface area contributed by atoms with Gasteiger partial charge in [0, 0.05) is 35.5 Å². The second kappa shape index (κ2) is 8.66. The van der Waals surface area contributed by atoms with E-state index in [1.165, 1.54) is 5.56 Å². The van der Waals surface area contributed by atoms with Crippen LogP contribution in [0.15, 0.2) is 30.3 Å². The summed E-state index contributed by atoms with van der Waals surface area (Å²) < 4.78 is 17.7. The molecular formula is C17H27NO2S. The van der Waals surface area contributed by atoms with E-state index in [-0.39, 0.29) is 5.25 Å². The molecule has 0 aromatic heterocycles. The van der Waals surface area contributed by atoms with Crippen LogP contribution in [0.1, 0.15) is 37.2 Å². The minimum Gasteiger partial charge on any atom is -0.385 e. The van der Waals surface area contributed by atoms with Gasteiger partial charge in [0.2, 0.25) is 0 Å². The van der Waals surface area contributed by atoms with Crippen molar-refractivity contribution in [2.24, 2.45) is 11.7 Å². The standard InChI is InChI=1S/C17H27NO2S/c1-20-10-5-11-21(19)17-12-15(8-9-16(17)13-18)14-6-3-2-4-7-14/h2-4,6-7,15-17H,5,8-13,18H2,1H3. The molecule has 4 unspecified atom stereocenters. The third kappa shape index (κ3) is 4.63. The summed E-state index contributed by atoms with van der Waals surface area (Å²) in [6.07, 6.45) is 4.13. The summed E-state index contributed by atoms with van der Waals surface area (Å²) in [6, 6.07) is 10.6. The van der Waals surface area contributed by atoms with Gasteiger partial charge in [-0.3, -0.25) is 4.21 Å². The van der Waals surface area contributed by atoms with Gasteiger partial charge in [0.05, 0.1) is 0 Å². The van der Waals surface area contributed by atoms with Crippen molar-refractivity contribution in [2.45, 2.75) is 36.9 Å². The van der Waals surface area contributed by atoms with E-state index in [1.807, 2.05) is 0 Å². The molecular weight excluding hydrogens is 282 g/mol. The Morgan fingerprint density at radius 1 is 1.29 bits per heavy atom. The minimum atomic E-state index is -0.792. The summed E-state index contributed by atoms with van der Waals surface area (Å²) in [5, 5.41) is 0.241. The van der Waals surface area contributed by atoms with E-state index < -0.39 is 10.8 Å². The van der Waals surface area contributed by atoms with Crippen LogP contribution in [-0.2, 0) is 15.5 Å². The number of nitrogens with two attached hydrogens (primary N) is 1. The fourth-order valence-electron chi connectivity index (χ4n) is 3.31. The molecule has 1 aromatic rings. The largest absolute Gasteiger partial charge is 0.385 e. The number of hydrogen-bond donors (Lipinski definition) is 1. The monoisotopic (exact) mass is 309 g/mol. The molecule has 0 saturated heterocycles. The summed E-state index contributed by atoms with van der Waals surface area (Å²) in [4.78, 5) is 0. The average molecular weight is 309 g/mol. The summed E-state index contributed by atoms with van der Waals surface area (Å²) in [6.45, 7) is 1.34. The minimum absolute atomic E-state index is 0.241. The zero-order valence-corrected chi connectivity index (χ0v) is 13.7. The number of benzene rings is 1. The second-order valence-corrected chi connectivity index (χ2v) is 7.66. The van der Waals surface area contributed by atoms with Crippen LogP contribution in [0.4, 0.5) is 0 Å². The molecule has 0 radical (unpaired) electrons. The molecule has 0 spiro atoms. The van der Waals surface area contributed by atoms with Gasteiger partial charge in [-0.1, -0.05) is 30.3 Å². The number of hydrogen-bond acceptors (Lipinski definition) is 3. The average Bonchev–Trinajstić information content (AvgIpc) is 2.55. The Labute approximate surface area is 130 Å². The molecule has 0 amide bonds. The van der Waals surface area contributed by atoms with Crippen molar-refractivity contribution in [3.63, 3.8) is 0 Å². The highest BCUT2D eigenvalue weighted by Gasteiger charge is 2.33. The molecule has 1 aromatic carbocycles.